The number of nitriles is 1. The van der Waals surface area contributed by atoms with Crippen molar-refractivity contribution in [2.45, 2.75) is 53.0 Å². The molecule has 184 valence electrons. The number of aromatic nitrogens is 2. The monoisotopic (exact) mass is 477 g/mol. The number of fused-ring (bicyclic) bond motifs is 1. The lowest BCUT2D eigenvalue weighted by Crippen LogP contribution is -2.45. The number of para-hydroxylation sites is 2. The molecule has 3 rings (SSSR count). The van der Waals surface area contributed by atoms with Crippen LogP contribution in [0.2, 0.25) is 0 Å². The highest BCUT2D eigenvalue weighted by Crippen LogP contribution is 2.38. The van der Waals surface area contributed by atoms with E-state index < -0.39 is 11.6 Å². The summed E-state index contributed by atoms with van der Waals surface area (Å²) >= 11 is 0. The van der Waals surface area contributed by atoms with Crippen LogP contribution >= 0.6 is 0 Å². The predicted molar refractivity (Wildman–Crippen MR) is 135 cm³/mol. The van der Waals surface area contributed by atoms with E-state index in [9.17, 15) is 20.0 Å². The van der Waals surface area contributed by atoms with Gasteiger partial charge in [-0.1, -0.05) is 12.1 Å². The average molecular weight is 478 g/mol. The Labute approximate surface area is 205 Å². The molecule has 0 fully saturated rings. The van der Waals surface area contributed by atoms with Gasteiger partial charge in [0.1, 0.15) is 17.5 Å². The number of nitrogens with one attached hydrogen (secondary N) is 2. The van der Waals surface area contributed by atoms with E-state index in [4.69, 9.17) is 0 Å². The zero-order valence-corrected chi connectivity index (χ0v) is 20.7. The van der Waals surface area contributed by atoms with E-state index >= 15 is 0 Å². The average Bonchev–Trinajstić information content (AvgIpc) is 3.16. The second-order valence-electron chi connectivity index (χ2n) is 9.20. The Morgan fingerprint density at radius 2 is 2.00 bits per heavy atom. The van der Waals surface area contributed by atoms with Gasteiger partial charge in [-0.25, -0.2) is 14.8 Å². The molecule has 35 heavy (non-hydrogen) atoms. The zero-order chi connectivity index (χ0) is 25.8. The molecule has 0 saturated carbocycles. The lowest BCUT2D eigenvalue weighted by molar-refractivity contribution is -0.116. The van der Waals surface area contributed by atoms with Crippen LogP contribution in [0.4, 0.5) is 22.1 Å². The second kappa shape index (κ2) is 10.4. The lowest BCUT2D eigenvalue weighted by atomic mass is 10.1. The maximum atomic E-state index is 12.5. The Bertz CT molecular complexity index is 1190. The molecule has 0 radical (unpaired) electrons. The molecule has 0 aliphatic carbocycles. The highest BCUT2D eigenvalue weighted by Gasteiger charge is 2.28. The maximum absolute atomic E-state index is 12.5. The number of carbonyl (C=O) groups is 2. The Morgan fingerprint density at radius 3 is 2.63 bits per heavy atom. The second-order valence-corrected chi connectivity index (χ2v) is 9.20. The summed E-state index contributed by atoms with van der Waals surface area (Å²) in [7, 11) is 0. The smallest absolute Gasteiger partial charge is 0.407 e. The van der Waals surface area contributed by atoms with Gasteiger partial charge in [-0.15, -0.1) is 0 Å². The van der Waals surface area contributed by atoms with Crippen LogP contribution in [0.5, 0.6) is 0 Å². The van der Waals surface area contributed by atoms with E-state index in [-0.39, 0.29) is 24.8 Å². The van der Waals surface area contributed by atoms with Crippen LogP contribution in [-0.4, -0.2) is 50.6 Å². The standard InChI is InChI=1S/C25H31N7O3/c1-6-31-19-11-8-7-10-18(19)28-22(31)17(14-26)21-16(2)15-27-23(30-21)29-20(33)12-9-13-32(24(34)35)25(3,4)5/h7-8,10-11,15,28H,6,9,12-13H2,1-5H3,(H,34,35)(H,27,29,30,33)/b22-17+. The Hall–Kier alpha value is -4.13. The molecule has 2 aromatic rings. The van der Waals surface area contributed by atoms with Crippen LogP contribution in [0, 0.1) is 18.3 Å². The summed E-state index contributed by atoms with van der Waals surface area (Å²) in [5.74, 6) is 0.395. The third kappa shape index (κ3) is 5.69. The van der Waals surface area contributed by atoms with Gasteiger partial charge in [-0.05, 0) is 58.7 Å². The first-order chi connectivity index (χ1) is 16.6. The van der Waals surface area contributed by atoms with Gasteiger partial charge in [-0.2, -0.15) is 5.26 Å². The van der Waals surface area contributed by atoms with Crippen molar-refractivity contribution in [3.8, 4) is 6.07 Å². The number of carboxylic acid groups (broad SMARTS) is 1. The minimum atomic E-state index is -1.02. The van der Waals surface area contributed by atoms with E-state index in [1.54, 1.807) is 6.20 Å². The molecule has 0 atom stereocenters. The predicted octanol–water partition coefficient (Wildman–Crippen LogP) is 4.43. The van der Waals surface area contributed by atoms with E-state index in [1.165, 1.54) is 4.90 Å². The van der Waals surface area contributed by atoms with Gasteiger partial charge in [0.25, 0.3) is 0 Å². The number of hydrogen-bond donors (Lipinski definition) is 3. The van der Waals surface area contributed by atoms with Crippen molar-refractivity contribution in [2.24, 2.45) is 0 Å². The zero-order valence-electron chi connectivity index (χ0n) is 20.7. The lowest BCUT2D eigenvalue weighted by Gasteiger charge is -2.33. The van der Waals surface area contributed by atoms with E-state index in [1.807, 2.05) is 63.8 Å². The van der Waals surface area contributed by atoms with Crippen molar-refractivity contribution in [1.82, 2.24) is 14.9 Å². The quantitative estimate of drug-likeness (QED) is 0.499. The molecule has 0 spiro atoms. The number of carbonyl (C=O) groups excluding carboxylic acids is 1. The third-order valence-corrected chi connectivity index (χ3v) is 5.67. The summed E-state index contributed by atoms with van der Waals surface area (Å²) in [6, 6.07) is 10.1. The topological polar surface area (TPSA) is 134 Å². The molecular weight excluding hydrogens is 446 g/mol. The van der Waals surface area contributed by atoms with Crippen molar-refractivity contribution in [2.75, 3.05) is 28.6 Å². The third-order valence-electron chi connectivity index (χ3n) is 5.67. The normalized spacial score (nSPS) is 14.0. The molecule has 0 saturated heterocycles. The summed E-state index contributed by atoms with van der Waals surface area (Å²) in [5, 5.41) is 25.4. The van der Waals surface area contributed by atoms with Crippen LogP contribution in [0.15, 0.2) is 36.3 Å². The fourth-order valence-electron chi connectivity index (χ4n) is 3.93. The minimum absolute atomic E-state index is 0.0911. The molecule has 2 heterocycles. The molecule has 0 unspecified atom stereocenters. The number of amides is 2. The number of hydrogen-bond acceptors (Lipinski definition) is 7. The number of rotatable bonds is 7. The molecule has 1 aromatic carbocycles. The maximum Gasteiger partial charge on any atom is 0.407 e. The Morgan fingerprint density at radius 1 is 1.29 bits per heavy atom. The van der Waals surface area contributed by atoms with Crippen molar-refractivity contribution >= 4 is 34.9 Å². The molecule has 3 N–H and O–H groups in total. The van der Waals surface area contributed by atoms with Crippen LogP contribution in [0.3, 0.4) is 0 Å². The Kier molecular flexibility index (Phi) is 7.59. The molecular formula is C25H31N7O3. The fraction of sp³-hybridized carbons (Fsp3) is 0.400. The van der Waals surface area contributed by atoms with Gasteiger partial charge in [0.15, 0.2) is 0 Å². The van der Waals surface area contributed by atoms with Crippen molar-refractivity contribution < 1.29 is 14.7 Å². The number of nitrogens with zero attached hydrogens (tertiary/aromatic N) is 5. The van der Waals surface area contributed by atoms with E-state index in [2.05, 4.69) is 26.7 Å². The van der Waals surface area contributed by atoms with Gasteiger partial charge in [-0.3, -0.25) is 10.1 Å². The van der Waals surface area contributed by atoms with Crippen LogP contribution < -0.4 is 15.5 Å². The van der Waals surface area contributed by atoms with Crippen molar-refractivity contribution in [3.05, 3.63) is 47.5 Å². The van der Waals surface area contributed by atoms with Gasteiger partial charge in [0.05, 0.1) is 17.1 Å². The summed E-state index contributed by atoms with van der Waals surface area (Å²) in [6.45, 7) is 10.1. The number of allylic oxidation sites excluding steroid dienone is 1. The molecule has 10 heteroatoms. The van der Waals surface area contributed by atoms with Gasteiger partial charge >= 0.3 is 6.09 Å². The van der Waals surface area contributed by atoms with Crippen LogP contribution in [-0.2, 0) is 4.79 Å². The molecule has 2 amide bonds. The summed E-state index contributed by atoms with van der Waals surface area (Å²) in [4.78, 5) is 36.0. The van der Waals surface area contributed by atoms with Crippen molar-refractivity contribution in [3.63, 3.8) is 0 Å². The SMILES string of the molecule is CCN1/C(=C(\C#N)c2nc(NC(=O)CCCN(C(=O)O)C(C)(C)C)ncc2C)Nc2ccccc21. The largest absolute Gasteiger partial charge is 0.465 e. The molecule has 1 aromatic heterocycles. The van der Waals surface area contributed by atoms with Gasteiger partial charge in [0, 0.05) is 31.2 Å². The molecule has 10 nitrogen and oxygen atoms in total. The first-order valence-corrected chi connectivity index (χ1v) is 11.5. The highest BCUT2D eigenvalue weighted by molar-refractivity contribution is 5.92. The Balaban J connectivity index is 1.78. The first-order valence-electron chi connectivity index (χ1n) is 11.5. The summed E-state index contributed by atoms with van der Waals surface area (Å²) < 4.78 is 0. The number of aryl methyl sites for hydroxylation is 1. The fourth-order valence-corrected chi connectivity index (χ4v) is 3.93. The van der Waals surface area contributed by atoms with E-state index in [0.29, 0.717) is 35.6 Å². The highest BCUT2D eigenvalue weighted by atomic mass is 16.4. The summed E-state index contributed by atoms with van der Waals surface area (Å²) in [6.07, 6.45) is 1.01. The van der Waals surface area contributed by atoms with Crippen LogP contribution in [0.25, 0.3) is 5.57 Å². The first kappa shape index (κ1) is 25.5. The van der Waals surface area contributed by atoms with Gasteiger partial charge in [0.2, 0.25) is 11.9 Å². The number of benzene rings is 1. The molecule has 0 bridgehead atoms. The van der Waals surface area contributed by atoms with Crippen molar-refractivity contribution in [1.29, 1.82) is 5.26 Å². The molecule has 1 aliphatic heterocycles. The van der Waals surface area contributed by atoms with E-state index in [0.717, 1.165) is 11.4 Å². The summed E-state index contributed by atoms with van der Waals surface area (Å²) in [5.41, 5.74) is 2.80. The number of anilines is 3. The van der Waals surface area contributed by atoms with Gasteiger partial charge < -0.3 is 20.2 Å². The minimum Gasteiger partial charge on any atom is -0.465 e. The van der Waals surface area contributed by atoms with Crippen LogP contribution in [0.1, 0.15) is 51.8 Å². The molecule has 1 aliphatic rings.